The quantitative estimate of drug-likeness (QED) is 0.648. The Hall–Kier alpha value is -3.55. The molecular weight excluding hydrogens is 399 g/mol. The number of halogens is 1. The molecule has 31 heavy (non-hydrogen) atoms. The molecule has 2 aliphatic rings. The largest absolute Gasteiger partial charge is 0.459 e. The molecule has 7 nitrogen and oxygen atoms in total. The molecule has 1 fully saturated rings. The van der Waals surface area contributed by atoms with Crippen molar-refractivity contribution >= 4 is 17.6 Å². The van der Waals surface area contributed by atoms with E-state index in [0.29, 0.717) is 61.1 Å². The molecule has 1 aromatic carbocycles. The zero-order chi connectivity index (χ0) is 21.4. The van der Waals surface area contributed by atoms with Crippen LogP contribution < -0.4 is 4.90 Å². The molecule has 0 spiro atoms. The average Bonchev–Trinajstić information content (AvgIpc) is 3.33. The predicted molar refractivity (Wildman–Crippen MR) is 111 cm³/mol. The monoisotopic (exact) mass is 420 g/mol. The number of amides is 1. The molecule has 3 aromatic rings. The number of carbonyl (C=O) groups is 2. The molecule has 0 radical (unpaired) electrons. The van der Waals surface area contributed by atoms with Gasteiger partial charge in [-0.3, -0.25) is 9.59 Å². The summed E-state index contributed by atoms with van der Waals surface area (Å²) in [4.78, 5) is 37.9. The van der Waals surface area contributed by atoms with Crippen molar-refractivity contribution in [2.45, 2.75) is 18.8 Å². The lowest BCUT2D eigenvalue weighted by molar-refractivity contribution is 0.0714. The SMILES string of the molecule is O=C1CC(c2ccccc2F)Cc2nc(N3CCN(C(=O)c4ccco4)CC3)ncc21. The fourth-order valence-corrected chi connectivity index (χ4v) is 4.28. The minimum Gasteiger partial charge on any atom is -0.459 e. The second-order valence-electron chi connectivity index (χ2n) is 7.84. The lowest BCUT2D eigenvalue weighted by Crippen LogP contribution is -2.49. The lowest BCUT2D eigenvalue weighted by atomic mass is 9.82. The van der Waals surface area contributed by atoms with E-state index >= 15 is 0 Å². The summed E-state index contributed by atoms with van der Waals surface area (Å²) >= 11 is 0. The summed E-state index contributed by atoms with van der Waals surface area (Å²) < 4.78 is 19.5. The third kappa shape index (κ3) is 3.69. The molecule has 8 heteroatoms. The van der Waals surface area contributed by atoms with E-state index in [0.717, 1.165) is 0 Å². The number of benzene rings is 1. The van der Waals surface area contributed by atoms with Gasteiger partial charge < -0.3 is 14.2 Å². The molecule has 1 aliphatic carbocycles. The van der Waals surface area contributed by atoms with Gasteiger partial charge >= 0.3 is 0 Å². The standard InChI is InChI=1S/C23H21FN4O3/c24-18-5-2-1-4-16(18)15-12-19-17(20(29)13-15)14-25-23(26-19)28-9-7-27(8-10-28)22(30)21-6-3-11-31-21/h1-6,11,14-15H,7-10,12-13H2. The van der Waals surface area contributed by atoms with E-state index in [4.69, 9.17) is 4.42 Å². The number of Topliss-reactive ketones (excluding diaryl/α,β-unsaturated/α-hetero) is 1. The van der Waals surface area contributed by atoms with E-state index in [1.54, 1.807) is 41.4 Å². The average molecular weight is 420 g/mol. The van der Waals surface area contributed by atoms with E-state index in [2.05, 4.69) is 9.97 Å². The van der Waals surface area contributed by atoms with Crippen LogP contribution in [-0.4, -0.2) is 52.7 Å². The third-order valence-corrected chi connectivity index (χ3v) is 5.95. The Morgan fingerprint density at radius 3 is 2.61 bits per heavy atom. The van der Waals surface area contributed by atoms with Crippen molar-refractivity contribution in [2.24, 2.45) is 0 Å². The molecule has 3 heterocycles. The van der Waals surface area contributed by atoms with Gasteiger partial charge in [0.15, 0.2) is 11.5 Å². The number of hydrogen-bond acceptors (Lipinski definition) is 6. The van der Waals surface area contributed by atoms with E-state index in [9.17, 15) is 14.0 Å². The molecule has 2 aromatic heterocycles. The summed E-state index contributed by atoms with van der Waals surface area (Å²) in [6.45, 7) is 2.21. The van der Waals surface area contributed by atoms with Crippen molar-refractivity contribution in [1.82, 2.24) is 14.9 Å². The van der Waals surface area contributed by atoms with E-state index in [1.165, 1.54) is 12.3 Å². The van der Waals surface area contributed by atoms with Crippen molar-refractivity contribution in [2.75, 3.05) is 31.1 Å². The van der Waals surface area contributed by atoms with Crippen LogP contribution in [0, 0.1) is 5.82 Å². The molecule has 1 amide bonds. The predicted octanol–water partition coefficient (Wildman–Crippen LogP) is 3.08. The van der Waals surface area contributed by atoms with Crippen molar-refractivity contribution in [3.05, 3.63) is 77.3 Å². The Bertz CT molecular complexity index is 1120. The molecule has 0 N–H and O–H groups in total. The summed E-state index contributed by atoms with van der Waals surface area (Å²) in [5, 5.41) is 0. The van der Waals surface area contributed by atoms with Gasteiger partial charge in [-0.15, -0.1) is 0 Å². The number of piperazine rings is 1. The van der Waals surface area contributed by atoms with Gasteiger partial charge in [0.2, 0.25) is 5.95 Å². The zero-order valence-corrected chi connectivity index (χ0v) is 16.8. The lowest BCUT2D eigenvalue weighted by Gasteiger charge is -2.34. The number of rotatable bonds is 3. The van der Waals surface area contributed by atoms with Crippen LogP contribution in [0.15, 0.2) is 53.3 Å². The zero-order valence-electron chi connectivity index (χ0n) is 16.8. The summed E-state index contributed by atoms with van der Waals surface area (Å²) in [6, 6.07) is 9.94. The first-order valence-electron chi connectivity index (χ1n) is 10.3. The van der Waals surface area contributed by atoms with Crippen molar-refractivity contribution in [3.8, 4) is 0 Å². The highest BCUT2D eigenvalue weighted by Crippen LogP contribution is 2.33. The Morgan fingerprint density at radius 2 is 1.87 bits per heavy atom. The molecule has 158 valence electrons. The van der Waals surface area contributed by atoms with Gasteiger partial charge in [0.1, 0.15) is 5.82 Å². The molecule has 1 saturated heterocycles. The second kappa shape index (κ2) is 7.94. The van der Waals surface area contributed by atoms with E-state index in [1.807, 2.05) is 4.90 Å². The fourth-order valence-electron chi connectivity index (χ4n) is 4.28. The topological polar surface area (TPSA) is 79.5 Å². The minimum atomic E-state index is -0.296. The van der Waals surface area contributed by atoms with Crippen LogP contribution in [0.1, 0.15) is 44.5 Å². The van der Waals surface area contributed by atoms with Crippen molar-refractivity contribution in [1.29, 1.82) is 0 Å². The maximum Gasteiger partial charge on any atom is 0.289 e. The first kappa shape index (κ1) is 19.4. The normalized spacial score (nSPS) is 18.7. The smallest absolute Gasteiger partial charge is 0.289 e. The number of carbonyl (C=O) groups excluding carboxylic acids is 2. The second-order valence-corrected chi connectivity index (χ2v) is 7.84. The Labute approximate surface area is 178 Å². The molecule has 0 saturated carbocycles. The van der Waals surface area contributed by atoms with E-state index < -0.39 is 0 Å². The van der Waals surface area contributed by atoms with Gasteiger partial charge in [-0.1, -0.05) is 18.2 Å². The number of fused-ring (bicyclic) bond motifs is 1. The van der Waals surface area contributed by atoms with Gasteiger partial charge in [0, 0.05) is 38.8 Å². The van der Waals surface area contributed by atoms with Gasteiger partial charge in [0.05, 0.1) is 17.5 Å². The van der Waals surface area contributed by atoms with Crippen LogP contribution >= 0.6 is 0 Å². The first-order valence-corrected chi connectivity index (χ1v) is 10.3. The number of nitrogens with zero attached hydrogens (tertiary/aromatic N) is 4. The first-order chi connectivity index (χ1) is 15.1. The number of furan rings is 1. The molecule has 1 atom stereocenters. The van der Waals surface area contributed by atoms with Gasteiger partial charge in [0.25, 0.3) is 5.91 Å². The maximum atomic E-state index is 14.3. The highest BCUT2D eigenvalue weighted by molar-refractivity contribution is 5.98. The van der Waals surface area contributed by atoms with Crippen LogP contribution in [0.3, 0.4) is 0 Å². The molecule has 0 bridgehead atoms. The number of aromatic nitrogens is 2. The Morgan fingerprint density at radius 1 is 1.06 bits per heavy atom. The maximum absolute atomic E-state index is 14.3. The minimum absolute atomic E-state index is 0.0603. The van der Waals surface area contributed by atoms with Crippen LogP contribution in [0.4, 0.5) is 10.3 Å². The molecule has 1 unspecified atom stereocenters. The third-order valence-electron chi connectivity index (χ3n) is 5.95. The van der Waals surface area contributed by atoms with Gasteiger partial charge in [-0.2, -0.15) is 0 Å². The highest BCUT2D eigenvalue weighted by Gasteiger charge is 2.31. The summed E-state index contributed by atoms with van der Waals surface area (Å²) in [7, 11) is 0. The van der Waals surface area contributed by atoms with Crippen molar-refractivity contribution in [3.63, 3.8) is 0 Å². The Kier molecular flexibility index (Phi) is 4.97. The summed E-state index contributed by atoms with van der Waals surface area (Å²) in [6.07, 6.45) is 3.82. The van der Waals surface area contributed by atoms with Gasteiger partial charge in [-0.05, 0) is 36.1 Å². The Balaban J connectivity index is 1.32. The van der Waals surface area contributed by atoms with Crippen LogP contribution in [0.2, 0.25) is 0 Å². The summed E-state index contributed by atoms with van der Waals surface area (Å²) in [5.74, 6) is 0.147. The highest BCUT2D eigenvalue weighted by atomic mass is 19.1. The number of ketones is 1. The van der Waals surface area contributed by atoms with Crippen LogP contribution in [0.5, 0.6) is 0 Å². The summed E-state index contributed by atoms with van der Waals surface area (Å²) in [5.41, 5.74) is 1.72. The van der Waals surface area contributed by atoms with Crippen LogP contribution in [-0.2, 0) is 6.42 Å². The van der Waals surface area contributed by atoms with Crippen molar-refractivity contribution < 1.29 is 18.4 Å². The molecular formula is C23H21FN4O3. The number of hydrogen-bond donors (Lipinski definition) is 0. The molecule has 1 aliphatic heterocycles. The molecule has 5 rings (SSSR count). The number of anilines is 1. The van der Waals surface area contributed by atoms with Crippen LogP contribution in [0.25, 0.3) is 0 Å². The fraction of sp³-hybridized carbons (Fsp3) is 0.304. The van der Waals surface area contributed by atoms with E-state index in [-0.39, 0.29) is 29.8 Å². The van der Waals surface area contributed by atoms with Gasteiger partial charge in [-0.25, -0.2) is 14.4 Å².